The lowest BCUT2D eigenvalue weighted by Gasteiger charge is -1.99. The van der Waals surface area contributed by atoms with Crippen molar-refractivity contribution in [3.8, 4) is 5.69 Å². The quantitative estimate of drug-likeness (QED) is 0.774. The molecule has 0 bridgehead atoms. The van der Waals surface area contributed by atoms with Crippen LogP contribution in [0.2, 0.25) is 0 Å². The number of hydrogen-bond acceptors (Lipinski definition) is 6. The van der Waals surface area contributed by atoms with Crippen LogP contribution in [0.5, 0.6) is 0 Å². The van der Waals surface area contributed by atoms with Gasteiger partial charge in [-0.25, -0.2) is 9.67 Å². The third-order valence-corrected chi connectivity index (χ3v) is 3.15. The molecule has 8 heteroatoms. The lowest BCUT2D eigenvalue weighted by atomic mass is 10.4. The van der Waals surface area contributed by atoms with Crippen LogP contribution in [0.15, 0.2) is 41.6 Å². The highest BCUT2D eigenvalue weighted by molar-refractivity contribution is 7.07. The van der Waals surface area contributed by atoms with Gasteiger partial charge < -0.3 is 5.32 Å². The fourth-order valence-electron chi connectivity index (χ4n) is 1.59. The zero-order chi connectivity index (χ0) is 13.8. The topological polar surface area (TPSA) is 85.6 Å². The van der Waals surface area contributed by atoms with Gasteiger partial charge in [0.1, 0.15) is 11.4 Å². The van der Waals surface area contributed by atoms with E-state index in [1.165, 1.54) is 11.3 Å². The van der Waals surface area contributed by atoms with Crippen molar-refractivity contribution >= 4 is 17.2 Å². The molecule has 3 heterocycles. The highest BCUT2D eigenvalue weighted by Gasteiger charge is 2.08. The minimum Gasteiger partial charge on any atom is -0.345 e. The molecule has 0 radical (unpaired) electrons. The lowest BCUT2D eigenvalue weighted by molar-refractivity contribution is 0.0946. The number of thiazole rings is 1. The molecule has 0 unspecified atom stereocenters. The Morgan fingerprint density at radius 2 is 2.20 bits per heavy atom. The van der Waals surface area contributed by atoms with E-state index in [-0.39, 0.29) is 5.91 Å². The SMILES string of the molecule is O=C(NCc1cn(-c2ccncc2)nn1)c1cscn1. The van der Waals surface area contributed by atoms with Crippen LogP contribution < -0.4 is 5.32 Å². The molecule has 100 valence electrons. The zero-order valence-electron chi connectivity index (χ0n) is 10.3. The Morgan fingerprint density at radius 3 is 2.95 bits per heavy atom. The predicted octanol–water partition coefficient (Wildman–Crippen LogP) is 1.05. The molecule has 1 N–H and O–H groups in total. The summed E-state index contributed by atoms with van der Waals surface area (Å²) in [7, 11) is 0. The average molecular weight is 286 g/mol. The Balaban J connectivity index is 1.65. The van der Waals surface area contributed by atoms with E-state index in [0.717, 1.165) is 5.69 Å². The summed E-state index contributed by atoms with van der Waals surface area (Å²) in [5, 5.41) is 12.4. The molecule has 0 atom stereocenters. The van der Waals surface area contributed by atoms with Gasteiger partial charge in [0.2, 0.25) is 0 Å². The number of nitrogens with zero attached hydrogens (tertiary/aromatic N) is 5. The molecule has 0 fully saturated rings. The third-order valence-electron chi connectivity index (χ3n) is 2.56. The molecule has 7 nitrogen and oxygen atoms in total. The second-order valence-electron chi connectivity index (χ2n) is 3.92. The van der Waals surface area contributed by atoms with Crippen LogP contribution in [0, 0.1) is 0 Å². The Labute approximate surface area is 118 Å². The van der Waals surface area contributed by atoms with Crippen molar-refractivity contribution in [2.24, 2.45) is 0 Å². The number of amides is 1. The van der Waals surface area contributed by atoms with Crippen molar-refractivity contribution in [2.75, 3.05) is 0 Å². The minimum atomic E-state index is -0.218. The Hall–Kier alpha value is -2.61. The molecule has 0 saturated carbocycles. The summed E-state index contributed by atoms with van der Waals surface area (Å²) in [5.74, 6) is -0.218. The standard InChI is InChI=1S/C12H10N6OS/c19-12(11-7-20-8-15-11)14-5-9-6-18(17-16-9)10-1-3-13-4-2-10/h1-4,6-8H,5H2,(H,14,19). The number of pyridine rings is 1. The van der Waals surface area contributed by atoms with Crippen LogP contribution >= 0.6 is 11.3 Å². The highest BCUT2D eigenvalue weighted by atomic mass is 32.1. The number of carbonyl (C=O) groups is 1. The first-order valence-corrected chi connectivity index (χ1v) is 6.75. The Morgan fingerprint density at radius 1 is 1.35 bits per heavy atom. The second-order valence-corrected chi connectivity index (χ2v) is 4.63. The van der Waals surface area contributed by atoms with E-state index in [2.05, 4.69) is 25.6 Å². The molecule has 0 aromatic carbocycles. The van der Waals surface area contributed by atoms with Crippen LogP contribution in [0.3, 0.4) is 0 Å². The van der Waals surface area contributed by atoms with Gasteiger partial charge in [0.25, 0.3) is 5.91 Å². The van der Waals surface area contributed by atoms with E-state index in [4.69, 9.17) is 0 Å². The van der Waals surface area contributed by atoms with Crippen molar-refractivity contribution < 1.29 is 4.79 Å². The van der Waals surface area contributed by atoms with Gasteiger partial charge in [-0.05, 0) is 12.1 Å². The molecule has 0 aliphatic rings. The fraction of sp³-hybridized carbons (Fsp3) is 0.0833. The van der Waals surface area contributed by atoms with Gasteiger partial charge in [-0.1, -0.05) is 5.21 Å². The van der Waals surface area contributed by atoms with E-state index in [9.17, 15) is 4.79 Å². The first-order valence-electron chi connectivity index (χ1n) is 5.81. The van der Waals surface area contributed by atoms with Gasteiger partial charge in [-0.2, -0.15) is 0 Å². The van der Waals surface area contributed by atoms with Gasteiger partial charge in [0, 0.05) is 17.8 Å². The fourth-order valence-corrected chi connectivity index (χ4v) is 2.12. The number of nitrogens with one attached hydrogen (secondary N) is 1. The summed E-state index contributed by atoms with van der Waals surface area (Å²) in [6, 6.07) is 3.65. The molecular formula is C12H10N6OS. The summed E-state index contributed by atoms with van der Waals surface area (Å²) in [6.07, 6.45) is 5.12. The first kappa shape index (κ1) is 12.4. The maximum atomic E-state index is 11.7. The van der Waals surface area contributed by atoms with Crippen molar-refractivity contribution in [1.29, 1.82) is 0 Å². The number of carbonyl (C=O) groups excluding carboxylic acids is 1. The molecule has 20 heavy (non-hydrogen) atoms. The number of hydrogen-bond donors (Lipinski definition) is 1. The van der Waals surface area contributed by atoms with Crippen molar-refractivity contribution in [1.82, 2.24) is 30.3 Å². The maximum Gasteiger partial charge on any atom is 0.271 e. The molecule has 3 aromatic rings. The average Bonchev–Trinajstić information content (AvgIpc) is 3.17. The smallest absolute Gasteiger partial charge is 0.271 e. The van der Waals surface area contributed by atoms with E-state index < -0.39 is 0 Å². The molecule has 0 spiro atoms. The Bertz CT molecular complexity index is 694. The molecule has 3 aromatic heterocycles. The van der Waals surface area contributed by atoms with E-state index in [1.54, 1.807) is 34.2 Å². The van der Waals surface area contributed by atoms with Gasteiger partial charge in [-0.3, -0.25) is 9.78 Å². The van der Waals surface area contributed by atoms with Gasteiger partial charge in [-0.15, -0.1) is 16.4 Å². The van der Waals surface area contributed by atoms with Crippen molar-refractivity contribution in [3.63, 3.8) is 0 Å². The monoisotopic (exact) mass is 286 g/mol. The highest BCUT2D eigenvalue weighted by Crippen LogP contribution is 2.05. The summed E-state index contributed by atoms with van der Waals surface area (Å²) in [4.78, 5) is 19.6. The summed E-state index contributed by atoms with van der Waals surface area (Å²) in [6.45, 7) is 0.307. The third kappa shape index (κ3) is 2.69. The molecule has 0 saturated heterocycles. The van der Waals surface area contributed by atoms with E-state index >= 15 is 0 Å². The van der Waals surface area contributed by atoms with E-state index in [0.29, 0.717) is 17.9 Å². The van der Waals surface area contributed by atoms with Crippen molar-refractivity contribution in [2.45, 2.75) is 6.54 Å². The largest absolute Gasteiger partial charge is 0.345 e. The van der Waals surface area contributed by atoms with Gasteiger partial charge in [0.15, 0.2) is 0 Å². The maximum absolute atomic E-state index is 11.7. The van der Waals surface area contributed by atoms with E-state index in [1.807, 2.05) is 12.1 Å². The van der Waals surface area contributed by atoms with Gasteiger partial charge >= 0.3 is 0 Å². The van der Waals surface area contributed by atoms with Crippen LogP contribution in [0.1, 0.15) is 16.2 Å². The predicted molar refractivity (Wildman–Crippen MR) is 72.4 cm³/mol. The minimum absolute atomic E-state index is 0.218. The van der Waals surface area contributed by atoms with Crippen LogP contribution in [-0.4, -0.2) is 30.9 Å². The lowest BCUT2D eigenvalue weighted by Crippen LogP contribution is -2.23. The van der Waals surface area contributed by atoms with Crippen LogP contribution in [0.25, 0.3) is 5.69 Å². The molecule has 0 aliphatic carbocycles. The van der Waals surface area contributed by atoms with Gasteiger partial charge in [0.05, 0.1) is 23.9 Å². The Kier molecular flexibility index (Phi) is 3.46. The normalized spacial score (nSPS) is 10.4. The summed E-state index contributed by atoms with van der Waals surface area (Å²) in [5.41, 5.74) is 3.57. The molecule has 0 aliphatic heterocycles. The molecule has 1 amide bonds. The summed E-state index contributed by atoms with van der Waals surface area (Å²) >= 11 is 1.38. The number of aromatic nitrogens is 5. The second kappa shape index (κ2) is 5.57. The zero-order valence-corrected chi connectivity index (χ0v) is 11.1. The molecular weight excluding hydrogens is 276 g/mol. The van der Waals surface area contributed by atoms with Crippen molar-refractivity contribution in [3.05, 3.63) is 53.0 Å². The van der Waals surface area contributed by atoms with Crippen LogP contribution in [0.4, 0.5) is 0 Å². The van der Waals surface area contributed by atoms with Crippen LogP contribution in [-0.2, 0) is 6.54 Å². The molecule has 3 rings (SSSR count). The number of rotatable bonds is 4. The first-order chi connectivity index (χ1) is 9.83. The summed E-state index contributed by atoms with van der Waals surface area (Å²) < 4.78 is 1.63.